The van der Waals surface area contributed by atoms with E-state index >= 15 is 0 Å². The topological polar surface area (TPSA) is 15.3 Å². The Morgan fingerprint density at radius 3 is 2.80 bits per heavy atom. The van der Waals surface area contributed by atoms with Crippen molar-refractivity contribution in [2.45, 2.75) is 58.0 Å². The zero-order valence-corrected chi connectivity index (χ0v) is 13.1. The molecule has 1 aliphatic heterocycles. The first-order valence-electron chi connectivity index (χ1n) is 8.31. The van der Waals surface area contributed by atoms with Crippen LogP contribution in [0.15, 0.2) is 30.3 Å². The number of aryl methyl sites for hydroxylation is 1. The summed E-state index contributed by atoms with van der Waals surface area (Å²) in [6.07, 6.45) is 6.35. The summed E-state index contributed by atoms with van der Waals surface area (Å²) in [6.45, 7) is 8.32. The Hall–Kier alpha value is -0.860. The second-order valence-electron chi connectivity index (χ2n) is 6.16. The van der Waals surface area contributed by atoms with Gasteiger partial charge in [-0.05, 0) is 51.3 Å². The zero-order chi connectivity index (χ0) is 14.2. The average Bonchev–Trinajstić information content (AvgIpc) is 2.63. The van der Waals surface area contributed by atoms with Gasteiger partial charge >= 0.3 is 0 Å². The molecule has 1 N–H and O–H groups in total. The minimum Gasteiger partial charge on any atom is -0.313 e. The van der Waals surface area contributed by atoms with Crippen molar-refractivity contribution < 1.29 is 0 Å². The Bertz CT molecular complexity index is 363. The van der Waals surface area contributed by atoms with E-state index in [4.69, 9.17) is 0 Å². The lowest BCUT2D eigenvalue weighted by Crippen LogP contribution is -2.40. The average molecular weight is 274 g/mol. The fourth-order valence-electron chi connectivity index (χ4n) is 3.19. The largest absolute Gasteiger partial charge is 0.313 e. The molecular formula is C18H30N2. The van der Waals surface area contributed by atoms with Crippen LogP contribution in [0.5, 0.6) is 0 Å². The summed E-state index contributed by atoms with van der Waals surface area (Å²) in [5, 5.41) is 3.71. The van der Waals surface area contributed by atoms with Crippen LogP contribution in [0, 0.1) is 0 Å². The lowest BCUT2D eigenvalue weighted by molar-refractivity contribution is 0.199. The molecule has 20 heavy (non-hydrogen) atoms. The summed E-state index contributed by atoms with van der Waals surface area (Å²) in [5.74, 6) is 0. The summed E-state index contributed by atoms with van der Waals surface area (Å²) >= 11 is 0. The highest BCUT2D eigenvalue weighted by atomic mass is 15.2. The van der Waals surface area contributed by atoms with Gasteiger partial charge in [0.2, 0.25) is 0 Å². The van der Waals surface area contributed by atoms with Gasteiger partial charge in [0.1, 0.15) is 0 Å². The molecule has 2 nitrogen and oxygen atoms in total. The number of nitrogens with zero attached hydrogens (tertiary/aromatic N) is 1. The molecule has 1 aromatic rings. The maximum absolute atomic E-state index is 3.71. The fourth-order valence-corrected chi connectivity index (χ4v) is 3.19. The van der Waals surface area contributed by atoms with Gasteiger partial charge in [0, 0.05) is 18.6 Å². The first-order valence-corrected chi connectivity index (χ1v) is 8.31. The van der Waals surface area contributed by atoms with Gasteiger partial charge in [0.05, 0.1) is 0 Å². The first-order chi connectivity index (χ1) is 9.79. The van der Waals surface area contributed by atoms with Gasteiger partial charge in [-0.15, -0.1) is 0 Å². The van der Waals surface area contributed by atoms with E-state index in [0.717, 1.165) is 6.04 Å². The SMILES string of the molecule is CCCC1CN(CCCc2ccccc2)C(C)CCN1. The van der Waals surface area contributed by atoms with Crippen LogP contribution >= 0.6 is 0 Å². The van der Waals surface area contributed by atoms with Crippen LogP contribution in [-0.4, -0.2) is 36.6 Å². The monoisotopic (exact) mass is 274 g/mol. The summed E-state index contributed by atoms with van der Waals surface area (Å²) < 4.78 is 0. The van der Waals surface area contributed by atoms with Gasteiger partial charge < -0.3 is 5.32 Å². The van der Waals surface area contributed by atoms with Crippen LogP contribution < -0.4 is 5.32 Å². The van der Waals surface area contributed by atoms with Crippen molar-refractivity contribution in [2.75, 3.05) is 19.6 Å². The number of hydrogen-bond acceptors (Lipinski definition) is 2. The molecule has 2 rings (SSSR count). The minimum atomic E-state index is 0.696. The van der Waals surface area contributed by atoms with E-state index in [-0.39, 0.29) is 0 Å². The molecule has 1 aliphatic rings. The molecule has 0 bridgehead atoms. The second kappa shape index (κ2) is 8.43. The lowest BCUT2D eigenvalue weighted by Gasteiger charge is -2.29. The van der Waals surface area contributed by atoms with Crippen molar-refractivity contribution in [3.05, 3.63) is 35.9 Å². The van der Waals surface area contributed by atoms with Crippen LogP contribution in [0.25, 0.3) is 0 Å². The maximum atomic E-state index is 3.71. The molecule has 112 valence electrons. The minimum absolute atomic E-state index is 0.696. The number of rotatable bonds is 6. The molecule has 0 amide bonds. The molecule has 0 aromatic heterocycles. The van der Waals surface area contributed by atoms with E-state index in [0.29, 0.717) is 6.04 Å². The van der Waals surface area contributed by atoms with Crippen molar-refractivity contribution in [3.63, 3.8) is 0 Å². The normalized spacial score (nSPS) is 24.5. The summed E-state index contributed by atoms with van der Waals surface area (Å²) in [5.41, 5.74) is 1.47. The third kappa shape index (κ3) is 4.92. The molecule has 2 heteroatoms. The predicted octanol–water partition coefficient (Wildman–Crippen LogP) is 3.47. The van der Waals surface area contributed by atoms with Gasteiger partial charge in [-0.2, -0.15) is 0 Å². The second-order valence-corrected chi connectivity index (χ2v) is 6.16. The molecule has 1 fully saturated rings. The van der Waals surface area contributed by atoms with E-state index in [1.165, 1.54) is 57.3 Å². The summed E-state index contributed by atoms with van der Waals surface area (Å²) in [6, 6.07) is 12.3. The zero-order valence-electron chi connectivity index (χ0n) is 13.1. The number of hydrogen-bond donors (Lipinski definition) is 1. The Labute approximate surface area is 124 Å². The van der Waals surface area contributed by atoms with E-state index in [1.54, 1.807) is 0 Å². The Kier molecular flexibility index (Phi) is 6.55. The number of nitrogens with one attached hydrogen (secondary N) is 1. The highest BCUT2D eigenvalue weighted by Crippen LogP contribution is 2.13. The quantitative estimate of drug-likeness (QED) is 0.854. The molecule has 0 aliphatic carbocycles. The van der Waals surface area contributed by atoms with Crippen LogP contribution in [0.1, 0.15) is 45.1 Å². The summed E-state index contributed by atoms with van der Waals surface area (Å²) in [7, 11) is 0. The molecule has 0 radical (unpaired) electrons. The Balaban J connectivity index is 1.79. The van der Waals surface area contributed by atoms with E-state index < -0.39 is 0 Å². The third-order valence-corrected chi connectivity index (χ3v) is 4.46. The van der Waals surface area contributed by atoms with Crippen LogP contribution in [0.4, 0.5) is 0 Å². The summed E-state index contributed by atoms with van der Waals surface area (Å²) in [4.78, 5) is 2.70. The van der Waals surface area contributed by atoms with Gasteiger partial charge in [-0.1, -0.05) is 43.7 Å². The highest BCUT2D eigenvalue weighted by molar-refractivity contribution is 5.14. The molecule has 1 heterocycles. The van der Waals surface area contributed by atoms with Crippen LogP contribution in [0.3, 0.4) is 0 Å². The molecule has 1 saturated heterocycles. The Morgan fingerprint density at radius 2 is 2.05 bits per heavy atom. The van der Waals surface area contributed by atoms with Crippen molar-refractivity contribution in [3.8, 4) is 0 Å². The molecule has 0 saturated carbocycles. The standard InChI is InChI=1S/C18H30N2/c1-3-8-18-15-20(16(2)12-13-19-18)14-7-11-17-9-5-4-6-10-17/h4-6,9-10,16,18-19H,3,7-8,11-15H2,1-2H3. The molecule has 2 atom stereocenters. The van der Waals surface area contributed by atoms with Gasteiger partial charge in [0.15, 0.2) is 0 Å². The Morgan fingerprint density at radius 1 is 1.25 bits per heavy atom. The van der Waals surface area contributed by atoms with Crippen molar-refractivity contribution in [2.24, 2.45) is 0 Å². The molecule has 2 unspecified atom stereocenters. The smallest absolute Gasteiger partial charge is 0.0195 e. The predicted molar refractivity (Wildman–Crippen MR) is 87.1 cm³/mol. The van der Waals surface area contributed by atoms with Crippen LogP contribution in [0.2, 0.25) is 0 Å². The fraction of sp³-hybridized carbons (Fsp3) is 0.667. The van der Waals surface area contributed by atoms with E-state index in [1.807, 2.05) is 0 Å². The molecule has 0 spiro atoms. The molecular weight excluding hydrogens is 244 g/mol. The van der Waals surface area contributed by atoms with Crippen molar-refractivity contribution >= 4 is 0 Å². The van der Waals surface area contributed by atoms with E-state index in [9.17, 15) is 0 Å². The van der Waals surface area contributed by atoms with Crippen LogP contribution in [-0.2, 0) is 6.42 Å². The van der Waals surface area contributed by atoms with Gasteiger partial charge in [0.25, 0.3) is 0 Å². The third-order valence-electron chi connectivity index (χ3n) is 4.46. The maximum Gasteiger partial charge on any atom is 0.0195 e. The number of benzene rings is 1. The van der Waals surface area contributed by atoms with Gasteiger partial charge in [-0.3, -0.25) is 4.90 Å². The first kappa shape index (κ1) is 15.5. The lowest BCUT2D eigenvalue weighted by atomic mass is 10.1. The highest BCUT2D eigenvalue weighted by Gasteiger charge is 2.21. The van der Waals surface area contributed by atoms with E-state index in [2.05, 4.69) is 54.4 Å². The molecule has 1 aromatic carbocycles. The van der Waals surface area contributed by atoms with Gasteiger partial charge in [-0.25, -0.2) is 0 Å². The van der Waals surface area contributed by atoms with Crippen molar-refractivity contribution in [1.29, 1.82) is 0 Å². The van der Waals surface area contributed by atoms with Crippen molar-refractivity contribution in [1.82, 2.24) is 10.2 Å².